The molecular formula is C12H28N2. The molecule has 0 N–H and O–H groups in total. The van der Waals surface area contributed by atoms with Crippen LogP contribution in [0.25, 0.3) is 0 Å². The van der Waals surface area contributed by atoms with Crippen molar-refractivity contribution in [3.63, 3.8) is 0 Å². The van der Waals surface area contributed by atoms with E-state index in [2.05, 4.69) is 37.6 Å². The highest BCUT2D eigenvalue weighted by Gasteiger charge is 2.22. The SMILES string of the molecule is CC.CN1CCCN(C(C)(C)C)CC1. The van der Waals surface area contributed by atoms with Crippen LogP contribution in [0.1, 0.15) is 41.0 Å². The van der Waals surface area contributed by atoms with Crippen LogP contribution in [0.3, 0.4) is 0 Å². The fourth-order valence-corrected chi connectivity index (χ4v) is 1.72. The summed E-state index contributed by atoms with van der Waals surface area (Å²) >= 11 is 0. The van der Waals surface area contributed by atoms with Crippen molar-refractivity contribution in [1.29, 1.82) is 0 Å². The third-order valence-electron chi connectivity index (χ3n) is 2.67. The zero-order valence-corrected chi connectivity index (χ0v) is 10.9. The van der Waals surface area contributed by atoms with E-state index < -0.39 is 0 Å². The lowest BCUT2D eigenvalue weighted by molar-refractivity contribution is 0.143. The zero-order valence-electron chi connectivity index (χ0n) is 10.9. The van der Waals surface area contributed by atoms with Gasteiger partial charge >= 0.3 is 0 Å². The lowest BCUT2D eigenvalue weighted by Crippen LogP contribution is -2.43. The maximum absolute atomic E-state index is 2.58. The predicted octanol–water partition coefficient (Wildman–Crippen LogP) is 2.45. The van der Waals surface area contributed by atoms with Gasteiger partial charge in [0.2, 0.25) is 0 Å². The van der Waals surface area contributed by atoms with Crippen LogP contribution in [-0.2, 0) is 0 Å². The summed E-state index contributed by atoms with van der Waals surface area (Å²) in [6.07, 6.45) is 1.31. The van der Waals surface area contributed by atoms with E-state index in [1.165, 1.54) is 32.6 Å². The molecule has 14 heavy (non-hydrogen) atoms. The minimum atomic E-state index is 0.352. The molecule has 0 aromatic carbocycles. The summed E-state index contributed by atoms with van der Waals surface area (Å²) in [5.41, 5.74) is 0.352. The van der Waals surface area contributed by atoms with E-state index in [0.29, 0.717) is 5.54 Å². The standard InChI is InChI=1S/C10H22N2.C2H6/c1-10(2,3)12-7-5-6-11(4)8-9-12;1-2/h5-9H2,1-4H3;1-2H3. The summed E-state index contributed by atoms with van der Waals surface area (Å²) in [5, 5.41) is 0. The van der Waals surface area contributed by atoms with Crippen molar-refractivity contribution in [2.45, 2.75) is 46.6 Å². The van der Waals surface area contributed by atoms with Gasteiger partial charge in [0, 0.05) is 18.6 Å². The van der Waals surface area contributed by atoms with Crippen LogP contribution in [0.5, 0.6) is 0 Å². The van der Waals surface area contributed by atoms with Gasteiger partial charge in [-0.3, -0.25) is 4.90 Å². The molecule has 0 unspecified atom stereocenters. The van der Waals surface area contributed by atoms with Gasteiger partial charge in [0.25, 0.3) is 0 Å². The first-order chi connectivity index (χ1) is 6.50. The lowest BCUT2D eigenvalue weighted by Gasteiger charge is -2.34. The third kappa shape index (κ3) is 4.97. The number of hydrogen-bond donors (Lipinski definition) is 0. The second-order valence-corrected chi connectivity index (χ2v) is 4.81. The summed E-state index contributed by atoms with van der Waals surface area (Å²) in [5.74, 6) is 0. The number of rotatable bonds is 0. The molecule has 2 heteroatoms. The Bertz CT molecular complexity index is 138. The Hall–Kier alpha value is -0.0800. The topological polar surface area (TPSA) is 6.48 Å². The summed E-state index contributed by atoms with van der Waals surface area (Å²) in [4.78, 5) is 5.00. The van der Waals surface area contributed by atoms with Gasteiger partial charge in [-0.25, -0.2) is 0 Å². The van der Waals surface area contributed by atoms with E-state index in [0.717, 1.165) is 0 Å². The predicted molar refractivity (Wildman–Crippen MR) is 64.8 cm³/mol. The van der Waals surface area contributed by atoms with Crippen LogP contribution in [0.2, 0.25) is 0 Å². The molecule has 2 nitrogen and oxygen atoms in total. The first-order valence-corrected chi connectivity index (χ1v) is 5.94. The van der Waals surface area contributed by atoms with Crippen molar-refractivity contribution >= 4 is 0 Å². The number of likely N-dealkylation sites (N-methyl/N-ethyl adjacent to an activating group) is 1. The molecule has 1 fully saturated rings. The van der Waals surface area contributed by atoms with Gasteiger partial charge in [-0.2, -0.15) is 0 Å². The summed E-state index contributed by atoms with van der Waals surface area (Å²) < 4.78 is 0. The number of nitrogens with zero attached hydrogens (tertiary/aromatic N) is 2. The largest absolute Gasteiger partial charge is 0.305 e. The third-order valence-corrected chi connectivity index (χ3v) is 2.67. The molecule has 1 aliphatic rings. The van der Waals surface area contributed by atoms with Crippen LogP contribution >= 0.6 is 0 Å². The molecule has 86 valence electrons. The van der Waals surface area contributed by atoms with Gasteiger partial charge in [0.15, 0.2) is 0 Å². The monoisotopic (exact) mass is 200 g/mol. The van der Waals surface area contributed by atoms with Gasteiger partial charge in [0.1, 0.15) is 0 Å². The number of hydrogen-bond acceptors (Lipinski definition) is 2. The summed E-state index contributed by atoms with van der Waals surface area (Å²) in [7, 11) is 2.21. The molecule has 1 heterocycles. The Labute approximate surface area is 90.3 Å². The smallest absolute Gasteiger partial charge is 0.0125 e. The molecule has 0 aromatic rings. The molecule has 0 spiro atoms. The van der Waals surface area contributed by atoms with Crippen molar-refractivity contribution in [2.75, 3.05) is 33.2 Å². The van der Waals surface area contributed by atoms with Crippen molar-refractivity contribution in [3.05, 3.63) is 0 Å². The molecule has 0 radical (unpaired) electrons. The van der Waals surface area contributed by atoms with Gasteiger partial charge < -0.3 is 4.90 Å². The fraction of sp³-hybridized carbons (Fsp3) is 1.00. The molecule has 0 atom stereocenters. The highest BCUT2D eigenvalue weighted by molar-refractivity contribution is 4.79. The molecule has 1 rings (SSSR count). The minimum absolute atomic E-state index is 0.352. The Morgan fingerprint density at radius 3 is 1.93 bits per heavy atom. The van der Waals surface area contributed by atoms with Gasteiger partial charge in [0.05, 0.1) is 0 Å². The van der Waals surface area contributed by atoms with Crippen LogP contribution in [0.4, 0.5) is 0 Å². The Kier molecular flexibility index (Phi) is 6.38. The quantitative estimate of drug-likeness (QED) is 0.592. The zero-order chi connectivity index (χ0) is 11.2. The van der Waals surface area contributed by atoms with E-state index in [1.54, 1.807) is 0 Å². The Morgan fingerprint density at radius 1 is 0.857 bits per heavy atom. The molecular weight excluding hydrogens is 172 g/mol. The molecule has 0 amide bonds. The molecule has 0 aromatic heterocycles. The van der Waals surface area contributed by atoms with Crippen molar-refractivity contribution in [3.8, 4) is 0 Å². The van der Waals surface area contributed by atoms with E-state index in [9.17, 15) is 0 Å². The Balaban J connectivity index is 0.000000791. The summed E-state index contributed by atoms with van der Waals surface area (Å²) in [6, 6.07) is 0. The molecule has 1 saturated heterocycles. The molecule has 0 saturated carbocycles. The average Bonchev–Trinajstić information content (AvgIpc) is 2.32. The van der Waals surface area contributed by atoms with E-state index >= 15 is 0 Å². The van der Waals surface area contributed by atoms with Gasteiger partial charge in [-0.05, 0) is 47.3 Å². The first kappa shape index (κ1) is 13.9. The minimum Gasteiger partial charge on any atom is -0.305 e. The van der Waals surface area contributed by atoms with Crippen LogP contribution in [-0.4, -0.2) is 48.6 Å². The fourth-order valence-electron chi connectivity index (χ4n) is 1.72. The average molecular weight is 200 g/mol. The van der Waals surface area contributed by atoms with Crippen LogP contribution in [0, 0.1) is 0 Å². The normalized spacial score (nSPS) is 21.0. The maximum atomic E-state index is 2.58. The lowest BCUT2D eigenvalue weighted by atomic mass is 10.1. The van der Waals surface area contributed by atoms with Crippen LogP contribution in [0.15, 0.2) is 0 Å². The van der Waals surface area contributed by atoms with E-state index in [-0.39, 0.29) is 0 Å². The molecule has 0 aliphatic carbocycles. The van der Waals surface area contributed by atoms with Crippen molar-refractivity contribution in [1.82, 2.24) is 9.80 Å². The molecule has 1 aliphatic heterocycles. The molecule has 0 bridgehead atoms. The van der Waals surface area contributed by atoms with Gasteiger partial charge in [-0.15, -0.1) is 0 Å². The Morgan fingerprint density at radius 2 is 1.43 bits per heavy atom. The second-order valence-electron chi connectivity index (χ2n) is 4.81. The first-order valence-electron chi connectivity index (χ1n) is 5.94. The van der Waals surface area contributed by atoms with E-state index in [1.807, 2.05) is 13.8 Å². The van der Waals surface area contributed by atoms with Gasteiger partial charge in [-0.1, -0.05) is 13.8 Å². The highest BCUT2D eigenvalue weighted by Crippen LogP contribution is 2.15. The second kappa shape index (κ2) is 6.41. The van der Waals surface area contributed by atoms with E-state index in [4.69, 9.17) is 0 Å². The highest BCUT2D eigenvalue weighted by atomic mass is 15.2. The van der Waals surface area contributed by atoms with Crippen molar-refractivity contribution < 1.29 is 0 Å². The maximum Gasteiger partial charge on any atom is 0.0125 e. The van der Waals surface area contributed by atoms with Crippen LogP contribution < -0.4 is 0 Å². The summed E-state index contributed by atoms with van der Waals surface area (Å²) in [6.45, 7) is 15.9. The van der Waals surface area contributed by atoms with Crippen molar-refractivity contribution in [2.24, 2.45) is 0 Å².